The van der Waals surface area contributed by atoms with Crippen LogP contribution in [0.15, 0.2) is 180 Å². The van der Waals surface area contributed by atoms with Crippen molar-refractivity contribution in [2.75, 3.05) is 0 Å². The molecule has 0 spiro atoms. The average molecular weight is 648 g/mol. The molecule has 1 aliphatic rings. The molecule has 0 saturated heterocycles. The van der Waals surface area contributed by atoms with Crippen molar-refractivity contribution < 1.29 is 4.42 Å². The van der Waals surface area contributed by atoms with Crippen LogP contribution in [-0.2, 0) is 5.41 Å². The van der Waals surface area contributed by atoms with E-state index in [1.54, 1.807) is 0 Å². The van der Waals surface area contributed by atoms with Crippen LogP contribution in [0.1, 0.15) is 22.3 Å². The van der Waals surface area contributed by atoms with Crippen LogP contribution in [0, 0.1) is 11.8 Å². The zero-order valence-corrected chi connectivity index (χ0v) is 27.6. The van der Waals surface area contributed by atoms with Gasteiger partial charge >= 0.3 is 0 Å². The van der Waals surface area contributed by atoms with Gasteiger partial charge in [0.1, 0.15) is 16.6 Å². The Labute approximate surface area is 294 Å². The van der Waals surface area contributed by atoms with Gasteiger partial charge in [-0.2, -0.15) is 0 Å². The summed E-state index contributed by atoms with van der Waals surface area (Å²) in [4.78, 5) is 0. The third-order valence-corrected chi connectivity index (χ3v) is 10.8. The predicted molar refractivity (Wildman–Crippen MR) is 211 cm³/mol. The molecule has 51 heavy (non-hydrogen) atoms. The van der Waals surface area contributed by atoms with E-state index in [1.165, 1.54) is 49.4 Å². The van der Waals surface area contributed by atoms with Gasteiger partial charge in [0, 0.05) is 32.8 Å². The van der Waals surface area contributed by atoms with Gasteiger partial charge in [0.2, 0.25) is 0 Å². The standard InChI is InChI=1S/C49H29NO/c1-2-12-32(13-3-1)28-29-49(35-23-22-33-14-4-5-15-34(33)30-35)41-19-9-6-16-37(41)38-25-24-36(31-42(38)49)50-43-20-10-7-17-39(43)47-44(50)26-27-46-48(47)40-18-8-11-21-45(40)51-46/h1-27,30-31H. The van der Waals surface area contributed by atoms with Gasteiger partial charge in [0.15, 0.2) is 0 Å². The Morgan fingerprint density at radius 3 is 2.14 bits per heavy atom. The minimum Gasteiger partial charge on any atom is -0.456 e. The molecule has 2 heteroatoms. The number of aromatic nitrogens is 1. The summed E-state index contributed by atoms with van der Waals surface area (Å²) in [5, 5.41) is 7.13. The van der Waals surface area contributed by atoms with E-state index >= 15 is 0 Å². The van der Waals surface area contributed by atoms with Gasteiger partial charge < -0.3 is 8.98 Å². The maximum Gasteiger partial charge on any atom is 0.136 e. The number of para-hydroxylation sites is 2. The Hall–Kier alpha value is -6.82. The fourth-order valence-electron chi connectivity index (χ4n) is 8.59. The minimum atomic E-state index is -0.700. The first kappa shape index (κ1) is 28.1. The molecule has 2 nitrogen and oxygen atoms in total. The van der Waals surface area contributed by atoms with Crippen LogP contribution >= 0.6 is 0 Å². The molecule has 0 fully saturated rings. The number of benzene rings is 8. The summed E-state index contributed by atoms with van der Waals surface area (Å²) in [7, 11) is 0. The van der Waals surface area contributed by atoms with E-state index in [2.05, 4.69) is 180 Å². The van der Waals surface area contributed by atoms with Crippen LogP contribution in [0.2, 0.25) is 0 Å². The van der Waals surface area contributed by atoms with Crippen LogP contribution < -0.4 is 0 Å². The number of hydrogen-bond acceptors (Lipinski definition) is 1. The molecule has 0 saturated carbocycles. The zero-order valence-electron chi connectivity index (χ0n) is 27.6. The molecule has 1 aliphatic carbocycles. The Kier molecular flexibility index (Phi) is 5.83. The molecule has 236 valence electrons. The Bertz CT molecular complexity index is 3100. The number of fused-ring (bicyclic) bond motifs is 11. The molecule has 1 atom stereocenters. The highest BCUT2D eigenvalue weighted by atomic mass is 16.3. The number of hydrogen-bond donors (Lipinski definition) is 0. The lowest BCUT2D eigenvalue weighted by molar-refractivity contribution is 0.669. The van der Waals surface area contributed by atoms with Crippen LogP contribution in [0.5, 0.6) is 0 Å². The summed E-state index contributed by atoms with van der Waals surface area (Å²) in [6, 6.07) is 63.1. The van der Waals surface area contributed by atoms with E-state index in [-0.39, 0.29) is 0 Å². The average Bonchev–Trinajstić information content (AvgIpc) is 3.83. The van der Waals surface area contributed by atoms with E-state index in [0.717, 1.165) is 44.2 Å². The molecule has 0 bridgehead atoms. The molecule has 0 N–H and O–H groups in total. The summed E-state index contributed by atoms with van der Waals surface area (Å²) < 4.78 is 8.79. The van der Waals surface area contributed by atoms with Gasteiger partial charge in [0.25, 0.3) is 0 Å². The van der Waals surface area contributed by atoms with Crippen LogP contribution in [0.25, 0.3) is 71.3 Å². The molecule has 0 amide bonds. The van der Waals surface area contributed by atoms with Crippen LogP contribution in [-0.4, -0.2) is 4.57 Å². The second-order valence-corrected chi connectivity index (χ2v) is 13.5. The lowest BCUT2D eigenvalue weighted by Crippen LogP contribution is -2.25. The van der Waals surface area contributed by atoms with E-state index < -0.39 is 5.41 Å². The molecule has 2 aromatic heterocycles. The first-order chi connectivity index (χ1) is 25.3. The summed E-state index contributed by atoms with van der Waals surface area (Å²) in [6.45, 7) is 0. The van der Waals surface area contributed by atoms with Gasteiger partial charge in [-0.05, 0) is 93.2 Å². The second-order valence-electron chi connectivity index (χ2n) is 13.5. The topological polar surface area (TPSA) is 18.1 Å². The lowest BCUT2D eigenvalue weighted by atomic mass is 9.72. The number of furan rings is 1. The molecule has 8 aromatic carbocycles. The van der Waals surface area contributed by atoms with E-state index in [9.17, 15) is 0 Å². The third-order valence-electron chi connectivity index (χ3n) is 10.8. The fourth-order valence-corrected chi connectivity index (χ4v) is 8.59. The van der Waals surface area contributed by atoms with Gasteiger partial charge in [-0.15, -0.1) is 0 Å². The Morgan fingerprint density at radius 2 is 1.22 bits per heavy atom. The second kappa shape index (κ2) is 10.6. The quantitative estimate of drug-likeness (QED) is 0.171. The Balaban J connectivity index is 1.24. The summed E-state index contributed by atoms with van der Waals surface area (Å²) >= 11 is 0. The van der Waals surface area contributed by atoms with Crippen molar-refractivity contribution in [3.05, 3.63) is 198 Å². The molecule has 2 heterocycles. The van der Waals surface area contributed by atoms with Crippen molar-refractivity contribution in [1.29, 1.82) is 0 Å². The largest absolute Gasteiger partial charge is 0.456 e. The van der Waals surface area contributed by atoms with Gasteiger partial charge in [0.05, 0.1) is 11.0 Å². The van der Waals surface area contributed by atoms with E-state index in [0.29, 0.717) is 0 Å². The summed E-state index contributed by atoms with van der Waals surface area (Å²) in [5.74, 6) is 7.56. The Morgan fingerprint density at radius 1 is 0.471 bits per heavy atom. The van der Waals surface area contributed by atoms with Crippen LogP contribution in [0.4, 0.5) is 0 Å². The molecule has 11 rings (SSSR count). The number of nitrogens with zero attached hydrogens (tertiary/aromatic N) is 1. The number of rotatable bonds is 2. The van der Waals surface area contributed by atoms with Crippen molar-refractivity contribution in [2.45, 2.75) is 5.41 Å². The molecule has 1 unspecified atom stereocenters. The maximum absolute atomic E-state index is 6.37. The highest BCUT2D eigenvalue weighted by molar-refractivity contribution is 6.27. The molecule has 0 aliphatic heterocycles. The monoisotopic (exact) mass is 647 g/mol. The molecular weight excluding hydrogens is 619 g/mol. The van der Waals surface area contributed by atoms with Crippen molar-refractivity contribution in [3.8, 4) is 28.7 Å². The van der Waals surface area contributed by atoms with E-state index in [1.807, 2.05) is 12.1 Å². The first-order valence-electron chi connectivity index (χ1n) is 17.4. The third kappa shape index (κ3) is 3.95. The predicted octanol–water partition coefficient (Wildman–Crippen LogP) is 12.2. The molecular formula is C49H29NO. The molecule has 10 aromatic rings. The first-order valence-corrected chi connectivity index (χ1v) is 17.4. The smallest absolute Gasteiger partial charge is 0.136 e. The minimum absolute atomic E-state index is 0.700. The van der Waals surface area contributed by atoms with Crippen molar-refractivity contribution in [2.24, 2.45) is 0 Å². The van der Waals surface area contributed by atoms with Gasteiger partial charge in [-0.3, -0.25) is 0 Å². The van der Waals surface area contributed by atoms with Gasteiger partial charge in [-0.25, -0.2) is 0 Å². The van der Waals surface area contributed by atoms with Crippen molar-refractivity contribution in [3.63, 3.8) is 0 Å². The van der Waals surface area contributed by atoms with Crippen LogP contribution in [0.3, 0.4) is 0 Å². The highest BCUT2D eigenvalue weighted by Gasteiger charge is 2.44. The lowest BCUT2D eigenvalue weighted by Gasteiger charge is -2.28. The van der Waals surface area contributed by atoms with Crippen molar-refractivity contribution >= 4 is 54.5 Å². The van der Waals surface area contributed by atoms with Gasteiger partial charge in [-0.1, -0.05) is 133 Å². The molecule has 0 radical (unpaired) electrons. The SMILES string of the molecule is C(#CC1(c2ccc3ccccc3c2)c2ccccc2-c2ccc(-n3c4ccccc4c4c5c(ccc43)oc3ccccc35)cc21)c1ccccc1. The summed E-state index contributed by atoms with van der Waals surface area (Å²) in [6.07, 6.45) is 0. The highest BCUT2D eigenvalue weighted by Crippen LogP contribution is 2.53. The van der Waals surface area contributed by atoms with Crippen molar-refractivity contribution in [1.82, 2.24) is 4.57 Å². The summed E-state index contributed by atoms with van der Waals surface area (Å²) in [5.41, 5.74) is 11.5. The fraction of sp³-hybridized carbons (Fsp3) is 0.0204. The van der Waals surface area contributed by atoms with E-state index in [4.69, 9.17) is 4.42 Å². The zero-order chi connectivity index (χ0) is 33.5. The maximum atomic E-state index is 6.37. The normalized spacial score (nSPS) is 15.0.